The molecule has 0 fully saturated rings. The molecule has 74 valence electrons. The van der Waals surface area contributed by atoms with E-state index in [4.69, 9.17) is 0 Å². The molecule has 1 nitrogen and oxygen atoms in total. The predicted molar refractivity (Wildman–Crippen MR) is 60.0 cm³/mol. The van der Waals surface area contributed by atoms with Gasteiger partial charge in [0.05, 0.1) is 0 Å². The van der Waals surface area contributed by atoms with Crippen molar-refractivity contribution >= 4 is 11.8 Å². The zero-order chi connectivity index (χ0) is 9.40. The fourth-order valence-electron chi connectivity index (χ4n) is 1.30. The highest BCUT2D eigenvalue weighted by atomic mass is 32.2. The summed E-state index contributed by atoms with van der Waals surface area (Å²) in [6, 6.07) is 1.41. The van der Waals surface area contributed by atoms with Gasteiger partial charge in [-0.05, 0) is 38.2 Å². The van der Waals surface area contributed by atoms with E-state index in [0.717, 1.165) is 6.04 Å². The van der Waals surface area contributed by atoms with Crippen molar-refractivity contribution in [1.82, 2.24) is 5.32 Å². The molecule has 1 N–H and O–H groups in total. The van der Waals surface area contributed by atoms with E-state index in [1.165, 1.54) is 25.0 Å². The van der Waals surface area contributed by atoms with Gasteiger partial charge in [-0.2, -0.15) is 11.8 Å². The first-order valence-electron chi connectivity index (χ1n) is 4.99. The average Bonchev–Trinajstić information content (AvgIpc) is 2.10. The summed E-state index contributed by atoms with van der Waals surface area (Å²) in [5.41, 5.74) is 0. The van der Waals surface area contributed by atoms with Crippen LogP contribution in [0.2, 0.25) is 0 Å². The Bertz CT molecular complexity index is 91.8. The molecular weight excluding hydrogens is 166 g/mol. The maximum Gasteiger partial charge on any atom is 0.00642 e. The van der Waals surface area contributed by atoms with E-state index < -0.39 is 0 Å². The normalized spacial score (nSPS) is 13.8. The van der Waals surface area contributed by atoms with Crippen LogP contribution in [0.5, 0.6) is 0 Å². The van der Waals surface area contributed by atoms with Crippen molar-refractivity contribution in [3.8, 4) is 0 Å². The van der Waals surface area contributed by atoms with Gasteiger partial charge < -0.3 is 5.32 Å². The van der Waals surface area contributed by atoms with E-state index >= 15 is 0 Å². The fourth-order valence-corrected chi connectivity index (χ4v) is 1.89. The molecule has 1 unspecified atom stereocenters. The lowest BCUT2D eigenvalue weighted by molar-refractivity contribution is 0.419. The van der Waals surface area contributed by atoms with Gasteiger partial charge >= 0.3 is 0 Å². The van der Waals surface area contributed by atoms with Crippen LogP contribution in [0.1, 0.15) is 40.0 Å². The third-order valence-electron chi connectivity index (χ3n) is 2.26. The molecule has 0 amide bonds. The summed E-state index contributed by atoms with van der Waals surface area (Å²) >= 11 is 1.93. The zero-order valence-electron chi connectivity index (χ0n) is 8.89. The van der Waals surface area contributed by atoms with E-state index in [1.807, 2.05) is 11.8 Å². The van der Waals surface area contributed by atoms with Gasteiger partial charge in [-0.3, -0.25) is 0 Å². The van der Waals surface area contributed by atoms with Crippen LogP contribution in [0.4, 0.5) is 0 Å². The molecule has 0 aliphatic rings. The molecule has 0 radical (unpaired) electrons. The molecule has 0 rings (SSSR count). The Morgan fingerprint density at radius 3 is 2.25 bits per heavy atom. The number of hydrogen-bond donors (Lipinski definition) is 1. The van der Waals surface area contributed by atoms with Gasteiger partial charge in [0.15, 0.2) is 0 Å². The van der Waals surface area contributed by atoms with Crippen molar-refractivity contribution in [2.45, 2.75) is 52.1 Å². The summed E-state index contributed by atoms with van der Waals surface area (Å²) in [5.74, 6) is 1.27. The Morgan fingerprint density at radius 2 is 1.83 bits per heavy atom. The van der Waals surface area contributed by atoms with Crippen molar-refractivity contribution in [1.29, 1.82) is 0 Å². The summed E-state index contributed by atoms with van der Waals surface area (Å²) in [5, 5.41) is 3.64. The number of thioether (sulfide) groups is 1. The average molecular weight is 189 g/mol. The Hall–Kier alpha value is 0.310. The smallest absolute Gasteiger partial charge is 0.00642 e. The second-order valence-electron chi connectivity index (χ2n) is 3.36. The van der Waals surface area contributed by atoms with Crippen LogP contribution >= 0.6 is 11.8 Å². The van der Waals surface area contributed by atoms with Gasteiger partial charge in [-0.25, -0.2) is 0 Å². The first-order valence-corrected chi connectivity index (χ1v) is 6.38. The van der Waals surface area contributed by atoms with E-state index in [1.54, 1.807) is 0 Å². The van der Waals surface area contributed by atoms with E-state index in [-0.39, 0.29) is 0 Å². The Morgan fingerprint density at radius 1 is 1.25 bits per heavy atom. The van der Waals surface area contributed by atoms with E-state index in [2.05, 4.69) is 32.3 Å². The van der Waals surface area contributed by atoms with Crippen LogP contribution in [0.25, 0.3) is 0 Å². The van der Waals surface area contributed by atoms with Gasteiger partial charge in [-0.15, -0.1) is 0 Å². The Balaban J connectivity index is 3.44. The molecule has 0 aliphatic heterocycles. The quantitative estimate of drug-likeness (QED) is 0.661. The summed E-state index contributed by atoms with van der Waals surface area (Å²) in [6.07, 6.45) is 5.96. The molecular formula is C10H23NS. The molecule has 0 aromatic carbocycles. The van der Waals surface area contributed by atoms with Crippen LogP contribution in [-0.4, -0.2) is 24.1 Å². The second-order valence-corrected chi connectivity index (χ2v) is 4.35. The van der Waals surface area contributed by atoms with Crippen LogP contribution in [0.3, 0.4) is 0 Å². The molecule has 12 heavy (non-hydrogen) atoms. The molecule has 0 saturated carbocycles. The Labute approximate surface area is 81.7 Å². The minimum Gasteiger partial charge on any atom is -0.311 e. The lowest BCUT2D eigenvalue weighted by Crippen LogP contribution is -2.35. The molecule has 0 saturated heterocycles. The fraction of sp³-hybridized carbons (Fsp3) is 1.00. The lowest BCUT2D eigenvalue weighted by Gasteiger charge is -2.20. The third-order valence-corrected chi connectivity index (χ3v) is 2.90. The van der Waals surface area contributed by atoms with Crippen molar-refractivity contribution in [3.63, 3.8) is 0 Å². The standard InChI is InChI=1S/C10H23NS/c1-5-10(6-2)11-9(3)7-8-12-4/h9-11H,5-8H2,1-4H3. The van der Waals surface area contributed by atoms with Crippen LogP contribution in [-0.2, 0) is 0 Å². The lowest BCUT2D eigenvalue weighted by atomic mass is 10.1. The molecule has 0 bridgehead atoms. The second kappa shape index (κ2) is 7.93. The van der Waals surface area contributed by atoms with Crippen LogP contribution < -0.4 is 5.32 Å². The Kier molecular flexibility index (Phi) is 8.14. The zero-order valence-corrected chi connectivity index (χ0v) is 9.71. The molecule has 0 aromatic heterocycles. The maximum atomic E-state index is 3.64. The summed E-state index contributed by atoms with van der Waals surface area (Å²) in [4.78, 5) is 0. The first-order chi connectivity index (χ1) is 5.74. The highest BCUT2D eigenvalue weighted by molar-refractivity contribution is 7.98. The minimum absolute atomic E-state index is 0.683. The van der Waals surface area contributed by atoms with Gasteiger partial charge in [0.25, 0.3) is 0 Å². The van der Waals surface area contributed by atoms with E-state index in [9.17, 15) is 0 Å². The highest BCUT2D eigenvalue weighted by Gasteiger charge is 2.06. The topological polar surface area (TPSA) is 12.0 Å². The van der Waals surface area contributed by atoms with Gasteiger partial charge in [-0.1, -0.05) is 13.8 Å². The molecule has 0 aliphatic carbocycles. The first kappa shape index (κ1) is 12.3. The van der Waals surface area contributed by atoms with Crippen LogP contribution in [0, 0.1) is 0 Å². The van der Waals surface area contributed by atoms with Crippen molar-refractivity contribution in [3.05, 3.63) is 0 Å². The largest absolute Gasteiger partial charge is 0.311 e. The molecule has 0 spiro atoms. The summed E-state index contributed by atoms with van der Waals surface area (Å²) < 4.78 is 0. The maximum absolute atomic E-state index is 3.64. The molecule has 0 aromatic rings. The van der Waals surface area contributed by atoms with Crippen molar-refractivity contribution in [2.24, 2.45) is 0 Å². The molecule has 2 heteroatoms. The van der Waals surface area contributed by atoms with E-state index in [0.29, 0.717) is 6.04 Å². The van der Waals surface area contributed by atoms with Crippen molar-refractivity contribution < 1.29 is 0 Å². The number of rotatable bonds is 7. The monoisotopic (exact) mass is 189 g/mol. The molecule has 0 heterocycles. The summed E-state index contributed by atoms with van der Waals surface area (Å²) in [6.45, 7) is 6.79. The van der Waals surface area contributed by atoms with Crippen molar-refractivity contribution in [2.75, 3.05) is 12.0 Å². The highest BCUT2D eigenvalue weighted by Crippen LogP contribution is 2.03. The number of hydrogen-bond acceptors (Lipinski definition) is 2. The number of nitrogens with one attached hydrogen (secondary N) is 1. The van der Waals surface area contributed by atoms with Gasteiger partial charge in [0.2, 0.25) is 0 Å². The van der Waals surface area contributed by atoms with Gasteiger partial charge in [0, 0.05) is 12.1 Å². The van der Waals surface area contributed by atoms with Gasteiger partial charge in [0.1, 0.15) is 0 Å². The van der Waals surface area contributed by atoms with Crippen LogP contribution in [0.15, 0.2) is 0 Å². The minimum atomic E-state index is 0.683. The predicted octanol–water partition coefficient (Wildman–Crippen LogP) is 2.91. The molecule has 1 atom stereocenters. The summed E-state index contributed by atoms with van der Waals surface area (Å²) in [7, 11) is 0. The third kappa shape index (κ3) is 5.90. The SMILES string of the molecule is CCC(CC)NC(C)CCSC.